The molecule has 1 saturated heterocycles. The van der Waals surface area contributed by atoms with Gasteiger partial charge in [-0.3, -0.25) is 5.10 Å². The SMILES string of the molecule is CCN(Cc1ccccc1)C(=O)Nc1ccc(-c2cn[nH]c2)cc1O[C@@H]1CCN(C)C1. The maximum atomic E-state index is 13.0. The van der Waals surface area contributed by atoms with E-state index in [1.54, 1.807) is 11.1 Å². The van der Waals surface area contributed by atoms with Gasteiger partial charge in [-0.05, 0) is 43.7 Å². The average Bonchev–Trinajstić information content (AvgIpc) is 3.46. The number of carbonyl (C=O) groups excluding carboxylic acids is 1. The van der Waals surface area contributed by atoms with Gasteiger partial charge in [-0.15, -0.1) is 0 Å². The van der Waals surface area contributed by atoms with E-state index in [2.05, 4.69) is 27.5 Å². The number of nitrogens with zero attached hydrogens (tertiary/aromatic N) is 3. The van der Waals surface area contributed by atoms with E-state index in [9.17, 15) is 4.79 Å². The van der Waals surface area contributed by atoms with Gasteiger partial charge in [0, 0.05) is 37.9 Å². The summed E-state index contributed by atoms with van der Waals surface area (Å²) in [5, 5.41) is 9.95. The van der Waals surface area contributed by atoms with Crippen LogP contribution in [0.1, 0.15) is 18.9 Å². The van der Waals surface area contributed by atoms with Crippen molar-refractivity contribution in [2.75, 3.05) is 32.0 Å². The summed E-state index contributed by atoms with van der Waals surface area (Å²) >= 11 is 0. The lowest BCUT2D eigenvalue weighted by Gasteiger charge is -2.23. The molecule has 162 valence electrons. The maximum Gasteiger partial charge on any atom is 0.322 e. The standard InChI is InChI=1S/C24H29N5O2/c1-3-29(16-18-7-5-4-6-8-18)24(30)27-22-10-9-19(20-14-25-26-15-20)13-23(22)31-21-11-12-28(2)17-21/h4-10,13-15,21H,3,11-12,16-17H2,1-2H3,(H,25,26)(H,27,30)/t21-/m1/s1. The Morgan fingerprint density at radius 1 is 1.26 bits per heavy atom. The number of anilines is 1. The number of carbonyl (C=O) groups is 1. The normalized spacial score (nSPS) is 16.3. The molecule has 0 bridgehead atoms. The van der Waals surface area contributed by atoms with E-state index < -0.39 is 0 Å². The van der Waals surface area contributed by atoms with Gasteiger partial charge in [-0.25, -0.2) is 4.79 Å². The van der Waals surface area contributed by atoms with Crippen LogP contribution in [-0.2, 0) is 6.54 Å². The Labute approximate surface area is 183 Å². The number of rotatable bonds is 7. The van der Waals surface area contributed by atoms with Gasteiger partial charge < -0.3 is 19.9 Å². The molecule has 1 atom stereocenters. The molecule has 31 heavy (non-hydrogen) atoms. The fourth-order valence-electron chi connectivity index (χ4n) is 3.81. The van der Waals surface area contributed by atoms with Crippen molar-refractivity contribution in [2.45, 2.75) is 26.0 Å². The molecule has 4 rings (SSSR count). The molecule has 0 saturated carbocycles. The van der Waals surface area contributed by atoms with Crippen molar-refractivity contribution in [1.82, 2.24) is 20.0 Å². The van der Waals surface area contributed by atoms with Crippen LogP contribution in [0.15, 0.2) is 60.9 Å². The van der Waals surface area contributed by atoms with Crippen LogP contribution in [0.2, 0.25) is 0 Å². The van der Waals surface area contributed by atoms with E-state index in [0.29, 0.717) is 24.5 Å². The van der Waals surface area contributed by atoms with Crippen molar-refractivity contribution in [3.8, 4) is 16.9 Å². The molecule has 1 aliphatic heterocycles. The smallest absolute Gasteiger partial charge is 0.322 e. The predicted molar refractivity (Wildman–Crippen MR) is 122 cm³/mol. The molecule has 0 spiro atoms. The van der Waals surface area contributed by atoms with E-state index in [1.807, 2.05) is 61.7 Å². The number of aromatic amines is 1. The van der Waals surface area contributed by atoms with Crippen molar-refractivity contribution in [2.24, 2.45) is 0 Å². The lowest BCUT2D eigenvalue weighted by molar-refractivity contribution is 0.206. The maximum absolute atomic E-state index is 13.0. The van der Waals surface area contributed by atoms with Gasteiger partial charge in [0.25, 0.3) is 0 Å². The van der Waals surface area contributed by atoms with Crippen LogP contribution in [0.4, 0.5) is 10.5 Å². The molecule has 7 heteroatoms. The number of hydrogen-bond acceptors (Lipinski definition) is 4. The third-order valence-electron chi connectivity index (χ3n) is 5.58. The number of nitrogens with one attached hydrogen (secondary N) is 2. The van der Waals surface area contributed by atoms with Gasteiger partial charge in [0.2, 0.25) is 0 Å². The molecular formula is C24H29N5O2. The van der Waals surface area contributed by atoms with Crippen molar-refractivity contribution < 1.29 is 9.53 Å². The summed E-state index contributed by atoms with van der Waals surface area (Å²) in [7, 11) is 2.09. The number of ether oxygens (including phenoxy) is 1. The average molecular weight is 420 g/mol. The van der Waals surface area contributed by atoms with Crippen molar-refractivity contribution in [3.63, 3.8) is 0 Å². The van der Waals surface area contributed by atoms with Gasteiger partial charge in [0.15, 0.2) is 0 Å². The highest BCUT2D eigenvalue weighted by atomic mass is 16.5. The number of amides is 2. The van der Waals surface area contributed by atoms with Crippen LogP contribution >= 0.6 is 0 Å². The van der Waals surface area contributed by atoms with Gasteiger partial charge in [-0.2, -0.15) is 5.10 Å². The Balaban J connectivity index is 1.54. The second-order valence-electron chi connectivity index (χ2n) is 7.92. The second kappa shape index (κ2) is 9.66. The highest BCUT2D eigenvalue weighted by Crippen LogP contribution is 2.32. The molecular weight excluding hydrogens is 390 g/mol. The van der Waals surface area contributed by atoms with Crippen LogP contribution in [0.5, 0.6) is 5.75 Å². The minimum Gasteiger partial charge on any atom is -0.487 e. The van der Waals surface area contributed by atoms with Crippen LogP contribution in [-0.4, -0.2) is 58.8 Å². The Kier molecular flexibility index (Phi) is 6.52. The molecule has 2 amide bonds. The predicted octanol–water partition coefficient (Wildman–Crippen LogP) is 4.21. The van der Waals surface area contributed by atoms with Crippen molar-refractivity contribution >= 4 is 11.7 Å². The number of likely N-dealkylation sites (tertiary alicyclic amines) is 1. The molecule has 1 aliphatic rings. The van der Waals surface area contributed by atoms with E-state index in [1.165, 1.54) is 0 Å². The Bertz CT molecular complexity index is 990. The molecule has 0 radical (unpaired) electrons. The Hall–Kier alpha value is -3.32. The first-order valence-electron chi connectivity index (χ1n) is 10.7. The van der Waals surface area contributed by atoms with Crippen LogP contribution in [0.3, 0.4) is 0 Å². The molecule has 3 aromatic rings. The minimum absolute atomic E-state index is 0.104. The Morgan fingerprint density at radius 2 is 2.10 bits per heavy atom. The number of hydrogen-bond donors (Lipinski definition) is 2. The first-order valence-corrected chi connectivity index (χ1v) is 10.7. The van der Waals surface area contributed by atoms with Crippen LogP contribution in [0.25, 0.3) is 11.1 Å². The summed E-state index contributed by atoms with van der Waals surface area (Å²) < 4.78 is 6.34. The summed E-state index contributed by atoms with van der Waals surface area (Å²) in [6, 6.07) is 15.7. The highest BCUT2D eigenvalue weighted by molar-refractivity contribution is 5.91. The molecule has 1 fully saturated rings. The van der Waals surface area contributed by atoms with E-state index in [-0.39, 0.29) is 12.1 Å². The summed E-state index contributed by atoms with van der Waals surface area (Å²) in [6.45, 7) is 5.03. The van der Waals surface area contributed by atoms with Gasteiger partial charge in [0.05, 0.1) is 11.9 Å². The summed E-state index contributed by atoms with van der Waals surface area (Å²) in [5.74, 6) is 0.683. The molecule has 2 N–H and O–H groups in total. The number of urea groups is 1. The van der Waals surface area contributed by atoms with E-state index in [4.69, 9.17) is 4.74 Å². The fraction of sp³-hybridized carbons (Fsp3) is 0.333. The lowest BCUT2D eigenvalue weighted by Crippen LogP contribution is -2.34. The number of benzene rings is 2. The fourth-order valence-corrected chi connectivity index (χ4v) is 3.81. The molecule has 1 aromatic heterocycles. The molecule has 2 aromatic carbocycles. The van der Waals surface area contributed by atoms with Crippen LogP contribution < -0.4 is 10.1 Å². The molecule has 0 unspecified atom stereocenters. The largest absolute Gasteiger partial charge is 0.487 e. The number of aromatic nitrogens is 2. The number of H-pyrrole nitrogens is 1. The zero-order valence-corrected chi connectivity index (χ0v) is 18.0. The summed E-state index contributed by atoms with van der Waals surface area (Å²) in [4.78, 5) is 17.1. The van der Waals surface area contributed by atoms with Crippen LogP contribution in [0, 0.1) is 0 Å². The van der Waals surface area contributed by atoms with Crippen molar-refractivity contribution in [1.29, 1.82) is 0 Å². The summed E-state index contributed by atoms with van der Waals surface area (Å²) in [5.41, 5.74) is 3.74. The summed E-state index contributed by atoms with van der Waals surface area (Å²) in [6.07, 6.45) is 4.69. The first-order chi connectivity index (χ1) is 15.1. The number of likely N-dealkylation sites (N-methyl/N-ethyl adjacent to an activating group) is 1. The zero-order chi connectivity index (χ0) is 21.6. The first kappa shape index (κ1) is 20.9. The van der Waals surface area contributed by atoms with E-state index >= 15 is 0 Å². The molecule has 7 nitrogen and oxygen atoms in total. The zero-order valence-electron chi connectivity index (χ0n) is 18.0. The molecule has 0 aliphatic carbocycles. The Morgan fingerprint density at radius 3 is 2.77 bits per heavy atom. The van der Waals surface area contributed by atoms with Gasteiger partial charge in [-0.1, -0.05) is 36.4 Å². The van der Waals surface area contributed by atoms with Gasteiger partial charge in [0.1, 0.15) is 11.9 Å². The topological polar surface area (TPSA) is 73.5 Å². The van der Waals surface area contributed by atoms with Crippen molar-refractivity contribution in [3.05, 3.63) is 66.5 Å². The molecule has 2 heterocycles. The second-order valence-corrected chi connectivity index (χ2v) is 7.92. The quantitative estimate of drug-likeness (QED) is 0.602. The monoisotopic (exact) mass is 419 g/mol. The lowest BCUT2D eigenvalue weighted by atomic mass is 10.1. The minimum atomic E-state index is -0.143. The van der Waals surface area contributed by atoms with Gasteiger partial charge >= 0.3 is 6.03 Å². The van der Waals surface area contributed by atoms with E-state index in [0.717, 1.165) is 36.2 Å². The third-order valence-corrected chi connectivity index (χ3v) is 5.58. The third kappa shape index (κ3) is 5.24. The highest BCUT2D eigenvalue weighted by Gasteiger charge is 2.23.